The molecule has 1 amide bonds. The first-order valence-corrected chi connectivity index (χ1v) is 9.76. The van der Waals surface area contributed by atoms with Crippen LogP contribution in [0.5, 0.6) is 17.2 Å². The van der Waals surface area contributed by atoms with Gasteiger partial charge in [-0.1, -0.05) is 0 Å². The van der Waals surface area contributed by atoms with Crippen LogP contribution in [-0.4, -0.2) is 39.8 Å². The van der Waals surface area contributed by atoms with Gasteiger partial charge in [0.2, 0.25) is 5.75 Å². The highest BCUT2D eigenvalue weighted by molar-refractivity contribution is 7.14. The van der Waals surface area contributed by atoms with E-state index in [9.17, 15) is 9.59 Å². The molecule has 1 aromatic carbocycles. The molecule has 0 radical (unpaired) electrons. The number of esters is 1. The largest absolute Gasteiger partial charge is 0.493 e. The average Bonchev–Trinajstić information content (AvgIpc) is 3.15. The van der Waals surface area contributed by atoms with Gasteiger partial charge >= 0.3 is 5.97 Å². The minimum absolute atomic E-state index is 0.377. The molecule has 0 atom stereocenters. The predicted octanol–water partition coefficient (Wildman–Crippen LogP) is 3.45. The van der Waals surface area contributed by atoms with Crippen LogP contribution in [-0.2, 0) is 22.4 Å². The molecule has 1 aliphatic carbocycles. The number of hydrogen-bond acceptors (Lipinski definition) is 7. The summed E-state index contributed by atoms with van der Waals surface area (Å²) >= 11 is 1.46. The lowest BCUT2D eigenvalue weighted by Gasteiger charge is -2.14. The van der Waals surface area contributed by atoms with E-state index in [1.54, 1.807) is 12.1 Å². The Hall–Kier alpha value is -2.74. The number of rotatable bonds is 7. The summed E-state index contributed by atoms with van der Waals surface area (Å²) in [6.07, 6.45) is 4.31. The Morgan fingerprint density at radius 1 is 1.00 bits per heavy atom. The number of ether oxygens (including phenoxy) is 4. The normalized spacial score (nSPS) is 12.7. The fourth-order valence-electron chi connectivity index (χ4n) is 3.14. The number of amides is 1. The van der Waals surface area contributed by atoms with Crippen LogP contribution in [0.25, 0.3) is 0 Å². The molecular weight excluding hydrogens is 382 g/mol. The van der Waals surface area contributed by atoms with Crippen LogP contribution < -0.4 is 19.5 Å². The monoisotopic (exact) mass is 405 g/mol. The second-order valence-corrected chi connectivity index (χ2v) is 7.44. The number of carbonyl (C=O) groups excluding carboxylic acids is 2. The first kappa shape index (κ1) is 20.0. The van der Waals surface area contributed by atoms with E-state index in [1.807, 2.05) is 6.07 Å². The zero-order valence-corrected chi connectivity index (χ0v) is 16.9. The van der Waals surface area contributed by atoms with E-state index in [-0.39, 0.29) is 6.61 Å². The van der Waals surface area contributed by atoms with E-state index < -0.39 is 11.9 Å². The van der Waals surface area contributed by atoms with Gasteiger partial charge < -0.3 is 24.3 Å². The van der Waals surface area contributed by atoms with E-state index >= 15 is 0 Å². The second kappa shape index (κ2) is 8.97. The van der Waals surface area contributed by atoms with Crippen molar-refractivity contribution in [1.29, 1.82) is 0 Å². The summed E-state index contributed by atoms with van der Waals surface area (Å²) in [6.45, 7) is -0.377. The van der Waals surface area contributed by atoms with Gasteiger partial charge in [-0.05, 0) is 37.3 Å². The van der Waals surface area contributed by atoms with E-state index in [1.165, 1.54) is 43.1 Å². The first-order chi connectivity index (χ1) is 13.5. The highest BCUT2D eigenvalue weighted by atomic mass is 32.1. The maximum absolute atomic E-state index is 12.3. The lowest BCUT2D eigenvalue weighted by Crippen LogP contribution is -2.20. The van der Waals surface area contributed by atoms with Crippen LogP contribution in [0, 0.1) is 0 Å². The number of methoxy groups -OCH3 is 3. The van der Waals surface area contributed by atoms with Crippen LogP contribution >= 0.6 is 11.3 Å². The quantitative estimate of drug-likeness (QED) is 0.711. The van der Waals surface area contributed by atoms with Gasteiger partial charge in [-0.15, -0.1) is 11.3 Å². The summed E-state index contributed by atoms with van der Waals surface area (Å²) in [5, 5.41) is 2.67. The summed E-state index contributed by atoms with van der Waals surface area (Å²) in [5.74, 6) is 0.330. The maximum atomic E-state index is 12.3. The molecule has 1 aliphatic rings. The molecule has 1 heterocycles. The summed E-state index contributed by atoms with van der Waals surface area (Å²) in [7, 11) is 4.48. The Labute approximate surface area is 167 Å². The Morgan fingerprint density at radius 3 is 2.29 bits per heavy atom. The van der Waals surface area contributed by atoms with Gasteiger partial charge in [-0.3, -0.25) is 4.79 Å². The lowest BCUT2D eigenvalue weighted by molar-refractivity contribution is -0.119. The Bertz CT molecular complexity index is 827. The Kier molecular flexibility index (Phi) is 6.41. The van der Waals surface area contributed by atoms with Crippen molar-refractivity contribution in [2.45, 2.75) is 25.7 Å². The molecule has 8 heteroatoms. The standard InChI is InChI=1S/C20H23NO6S/c1-24-14-9-13(10-15(25-2)19(14)26-3)21-18(22)11-27-20(23)17-8-12-6-4-5-7-16(12)28-17/h8-10H,4-7,11H2,1-3H3,(H,21,22). The number of nitrogens with one attached hydrogen (secondary N) is 1. The summed E-state index contributed by atoms with van der Waals surface area (Å²) < 4.78 is 20.9. The fourth-order valence-corrected chi connectivity index (χ4v) is 4.29. The maximum Gasteiger partial charge on any atom is 0.348 e. The van der Waals surface area contributed by atoms with Gasteiger partial charge in [0.25, 0.3) is 5.91 Å². The van der Waals surface area contributed by atoms with Crippen molar-refractivity contribution >= 4 is 28.9 Å². The predicted molar refractivity (Wildman–Crippen MR) is 106 cm³/mol. The van der Waals surface area contributed by atoms with Crippen molar-refractivity contribution in [2.24, 2.45) is 0 Å². The molecule has 3 rings (SSSR count). The Balaban J connectivity index is 1.61. The van der Waals surface area contributed by atoms with Crippen LogP contribution in [0.15, 0.2) is 18.2 Å². The smallest absolute Gasteiger partial charge is 0.348 e. The van der Waals surface area contributed by atoms with Crippen molar-refractivity contribution in [3.63, 3.8) is 0 Å². The molecule has 0 unspecified atom stereocenters. The topological polar surface area (TPSA) is 83.1 Å². The summed E-state index contributed by atoms with van der Waals surface area (Å²) in [6, 6.07) is 5.10. The van der Waals surface area contributed by atoms with Crippen LogP contribution in [0.2, 0.25) is 0 Å². The summed E-state index contributed by atoms with van der Waals surface area (Å²) in [4.78, 5) is 26.3. The van der Waals surface area contributed by atoms with Gasteiger partial charge in [0.05, 0.1) is 21.3 Å². The van der Waals surface area contributed by atoms with Crippen LogP contribution in [0.3, 0.4) is 0 Å². The molecule has 7 nitrogen and oxygen atoms in total. The average molecular weight is 405 g/mol. The molecule has 0 aliphatic heterocycles. The third kappa shape index (κ3) is 4.39. The molecule has 1 N–H and O–H groups in total. The molecule has 0 saturated heterocycles. The molecular formula is C20H23NO6S. The fraction of sp³-hybridized carbons (Fsp3) is 0.400. The van der Waals surface area contributed by atoms with Crippen molar-refractivity contribution in [3.8, 4) is 17.2 Å². The Morgan fingerprint density at radius 2 is 1.68 bits per heavy atom. The molecule has 2 aromatic rings. The van der Waals surface area contributed by atoms with E-state index in [0.717, 1.165) is 25.7 Å². The zero-order valence-electron chi connectivity index (χ0n) is 16.1. The van der Waals surface area contributed by atoms with Gasteiger partial charge in [0.15, 0.2) is 18.1 Å². The zero-order chi connectivity index (χ0) is 20.1. The van der Waals surface area contributed by atoms with Gasteiger partial charge in [-0.25, -0.2) is 4.79 Å². The van der Waals surface area contributed by atoms with Crippen LogP contribution in [0.1, 0.15) is 33.0 Å². The number of thiophene rings is 1. The second-order valence-electron chi connectivity index (χ2n) is 6.30. The number of anilines is 1. The minimum atomic E-state index is -0.473. The van der Waals surface area contributed by atoms with Crippen LogP contribution in [0.4, 0.5) is 5.69 Å². The lowest BCUT2D eigenvalue weighted by atomic mass is 9.99. The number of fused-ring (bicyclic) bond motifs is 1. The minimum Gasteiger partial charge on any atom is -0.493 e. The highest BCUT2D eigenvalue weighted by Gasteiger charge is 2.19. The van der Waals surface area contributed by atoms with E-state index in [4.69, 9.17) is 18.9 Å². The van der Waals surface area contributed by atoms with Crippen molar-refractivity contribution in [2.75, 3.05) is 33.3 Å². The molecule has 0 bridgehead atoms. The molecule has 0 saturated carbocycles. The van der Waals surface area contributed by atoms with Crippen molar-refractivity contribution in [3.05, 3.63) is 33.5 Å². The first-order valence-electron chi connectivity index (χ1n) is 8.94. The SMILES string of the molecule is COc1cc(NC(=O)COC(=O)c2cc3c(s2)CCCC3)cc(OC)c1OC. The molecule has 28 heavy (non-hydrogen) atoms. The third-order valence-electron chi connectivity index (χ3n) is 4.48. The number of hydrogen-bond donors (Lipinski definition) is 1. The van der Waals surface area contributed by atoms with E-state index in [2.05, 4.69) is 5.32 Å². The molecule has 0 fully saturated rings. The van der Waals surface area contributed by atoms with Gasteiger partial charge in [-0.2, -0.15) is 0 Å². The van der Waals surface area contributed by atoms with Gasteiger partial charge in [0, 0.05) is 22.7 Å². The number of carbonyl (C=O) groups is 2. The third-order valence-corrected chi connectivity index (χ3v) is 5.70. The highest BCUT2D eigenvalue weighted by Crippen LogP contribution is 2.39. The summed E-state index contributed by atoms with van der Waals surface area (Å²) in [5.41, 5.74) is 1.67. The van der Waals surface area contributed by atoms with Gasteiger partial charge in [0.1, 0.15) is 4.88 Å². The number of benzene rings is 1. The van der Waals surface area contributed by atoms with E-state index in [0.29, 0.717) is 27.8 Å². The number of aryl methyl sites for hydroxylation is 2. The van der Waals surface area contributed by atoms with Crippen molar-refractivity contribution < 1.29 is 28.5 Å². The molecule has 0 spiro atoms. The molecule has 150 valence electrons. The molecule has 1 aromatic heterocycles. The van der Waals surface area contributed by atoms with Crippen molar-refractivity contribution in [1.82, 2.24) is 0 Å².